The predicted molar refractivity (Wildman–Crippen MR) is 70.0 cm³/mol. The van der Waals surface area contributed by atoms with Crippen molar-refractivity contribution in [3.63, 3.8) is 0 Å². The Morgan fingerprint density at radius 3 is 2.88 bits per heavy atom. The fourth-order valence-electron chi connectivity index (χ4n) is 2.87. The maximum absolute atomic E-state index is 6.21. The van der Waals surface area contributed by atoms with Crippen molar-refractivity contribution >= 4 is 11.0 Å². The van der Waals surface area contributed by atoms with Gasteiger partial charge in [0.25, 0.3) is 0 Å². The lowest BCUT2D eigenvalue weighted by Gasteiger charge is -2.26. The third-order valence-corrected chi connectivity index (χ3v) is 3.90. The van der Waals surface area contributed by atoms with Crippen LogP contribution in [0.5, 0.6) is 0 Å². The minimum atomic E-state index is 0.268. The summed E-state index contributed by atoms with van der Waals surface area (Å²) in [6, 6.07) is 6.53. The Hall–Kier alpha value is -1.35. The number of hydrogen-bond donors (Lipinski definition) is 2. The van der Waals surface area contributed by atoms with Crippen molar-refractivity contribution in [2.45, 2.75) is 44.6 Å². The molecule has 1 saturated carbocycles. The largest absolute Gasteiger partial charge is 0.342 e. The highest BCUT2D eigenvalue weighted by atomic mass is 14.9. The molecule has 0 radical (unpaired) electrons. The van der Waals surface area contributed by atoms with E-state index in [1.165, 1.54) is 24.8 Å². The van der Waals surface area contributed by atoms with E-state index >= 15 is 0 Å². The SMILES string of the molecule is Cc1cccc2[nH]c(C3CCCCC3N)nc12. The summed E-state index contributed by atoms with van der Waals surface area (Å²) in [5.74, 6) is 1.50. The molecule has 1 aliphatic carbocycles. The van der Waals surface area contributed by atoms with Gasteiger partial charge in [-0.3, -0.25) is 0 Å². The second-order valence-electron chi connectivity index (χ2n) is 5.15. The van der Waals surface area contributed by atoms with Gasteiger partial charge in [0.15, 0.2) is 0 Å². The van der Waals surface area contributed by atoms with Gasteiger partial charge in [-0.05, 0) is 31.4 Å². The Balaban J connectivity index is 2.02. The van der Waals surface area contributed by atoms with Gasteiger partial charge in [-0.1, -0.05) is 25.0 Å². The van der Waals surface area contributed by atoms with Gasteiger partial charge >= 0.3 is 0 Å². The third-order valence-electron chi connectivity index (χ3n) is 3.90. The first-order chi connectivity index (χ1) is 8.25. The maximum Gasteiger partial charge on any atom is 0.111 e. The molecule has 0 spiro atoms. The van der Waals surface area contributed by atoms with Crippen LogP contribution < -0.4 is 5.73 Å². The van der Waals surface area contributed by atoms with Crippen LogP contribution in [0, 0.1) is 6.92 Å². The van der Waals surface area contributed by atoms with Crippen molar-refractivity contribution in [3.8, 4) is 0 Å². The molecular weight excluding hydrogens is 210 g/mol. The van der Waals surface area contributed by atoms with Crippen molar-refractivity contribution in [1.82, 2.24) is 9.97 Å². The first kappa shape index (κ1) is 10.8. The number of hydrogen-bond acceptors (Lipinski definition) is 2. The van der Waals surface area contributed by atoms with Gasteiger partial charge in [-0.15, -0.1) is 0 Å². The minimum Gasteiger partial charge on any atom is -0.342 e. The Labute approximate surface area is 101 Å². The number of aryl methyl sites for hydroxylation is 1. The molecule has 1 aliphatic rings. The van der Waals surface area contributed by atoms with E-state index in [0.29, 0.717) is 5.92 Å². The third kappa shape index (κ3) is 1.84. The van der Waals surface area contributed by atoms with Crippen LogP contribution in [0.4, 0.5) is 0 Å². The number of nitrogens with two attached hydrogens (primary N) is 1. The Morgan fingerprint density at radius 1 is 1.29 bits per heavy atom. The van der Waals surface area contributed by atoms with Crippen LogP contribution in [-0.2, 0) is 0 Å². The molecule has 3 nitrogen and oxygen atoms in total. The van der Waals surface area contributed by atoms with E-state index in [0.717, 1.165) is 23.3 Å². The fraction of sp³-hybridized carbons (Fsp3) is 0.500. The molecule has 1 heterocycles. The van der Waals surface area contributed by atoms with Crippen molar-refractivity contribution in [1.29, 1.82) is 0 Å². The molecule has 1 fully saturated rings. The molecule has 90 valence electrons. The number of rotatable bonds is 1. The van der Waals surface area contributed by atoms with E-state index in [9.17, 15) is 0 Å². The maximum atomic E-state index is 6.21. The van der Waals surface area contributed by atoms with Gasteiger partial charge in [0.1, 0.15) is 5.82 Å². The van der Waals surface area contributed by atoms with Crippen LogP contribution in [0.1, 0.15) is 43.0 Å². The highest BCUT2D eigenvalue weighted by Crippen LogP contribution is 2.31. The predicted octanol–water partition coefficient (Wildman–Crippen LogP) is 2.86. The second-order valence-corrected chi connectivity index (χ2v) is 5.15. The highest BCUT2D eigenvalue weighted by molar-refractivity contribution is 5.78. The monoisotopic (exact) mass is 229 g/mol. The molecule has 3 heteroatoms. The average molecular weight is 229 g/mol. The van der Waals surface area contributed by atoms with Gasteiger partial charge in [0, 0.05) is 12.0 Å². The summed E-state index contributed by atoms with van der Waals surface area (Å²) < 4.78 is 0. The summed E-state index contributed by atoms with van der Waals surface area (Å²) in [5.41, 5.74) is 9.68. The van der Waals surface area contributed by atoms with Crippen molar-refractivity contribution in [2.24, 2.45) is 5.73 Å². The topological polar surface area (TPSA) is 54.7 Å². The van der Waals surface area contributed by atoms with Crippen LogP contribution in [0.3, 0.4) is 0 Å². The first-order valence-corrected chi connectivity index (χ1v) is 6.46. The standard InChI is InChI=1S/C14H19N3/c1-9-5-4-8-12-13(9)17-14(16-12)10-6-2-3-7-11(10)15/h4-5,8,10-11H,2-3,6-7,15H2,1H3,(H,16,17). The summed E-state index contributed by atoms with van der Waals surface area (Å²) in [4.78, 5) is 8.20. The van der Waals surface area contributed by atoms with Gasteiger partial charge in [0.2, 0.25) is 0 Å². The van der Waals surface area contributed by atoms with Crippen LogP contribution in [-0.4, -0.2) is 16.0 Å². The van der Waals surface area contributed by atoms with E-state index in [2.05, 4.69) is 30.1 Å². The number of aromatic nitrogens is 2. The number of benzene rings is 1. The molecule has 1 aromatic heterocycles. The molecule has 3 rings (SSSR count). The van der Waals surface area contributed by atoms with Crippen molar-refractivity contribution < 1.29 is 0 Å². The lowest BCUT2D eigenvalue weighted by Crippen LogP contribution is -2.31. The summed E-state index contributed by atoms with van der Waals surface area (Å²) in [7, 11) is 0. The number of nitrogens with zero attached hydrogens (tertiary/aromatic N) is 1. The number of fused-ring (bicyclic) bond motifs is 1. The number of para-hydroxylation sites is 1. The molecule has 0 saturated heterocycles. The second kappa shape index (κ2) is 4.15. The Kier molecular flexibility index (Phi) is 2.63. The smallest absolute Gasteiger partial charge is 0.111 e. The molecule has 2 unspecified atom stereocenters. The van der Waals surface area contributed by atoms with E-state index in [1.807, 2.05) is 0 Å². The summed E-state index contributed by atoms with van der Waals surface area (Å²) >= 11 is 0. The normalized spacial score (nSPS) is 25.3. The highest BCUT2D eigenvalue weighted by Gasteiger charge is 2.26. The van der Waals surface area contributed by atoms with Crippen molar-refractivity contribution in [2.75, 3.05) is 0 Å². The van der Waals surface area contributed by atoms with Gasteiger partial charge < -0.3 is 10.7 Å². The summed E-state index contributed by atoms with van der Waals surface area (Å²) in [5, 5.41) is 0. The van der Waals surface area contributed by atoms with Crippen LogP contribution in [0.2, 0.25) is 0 Å². The summed E-state index contributed by atoms with van der Waals surface area (Å²) in [6.45, 7) is 2.10. The lowest BCUT2D eigenvalue weighted by molar-refractivity contribution is 0.375. The van der Waals surface area contributed by atoms with E-state index in [4.69, 9.17) is 10.7 Å². The van der Waals surface area contributed by atoms with E-state index in [-0.39, 0.29) is 6.04 Å². The molecule has 0 aliphatic heterocycles. The zero-order valence-electron chi connectivity index (χ0n) is 10.2. The minimum absolute atomic E-state index is 0.268. The first-order valence-electron chi connectivity index (χ1n) is 6.46. The number of aromatic amines is 1. The quantitative estimate of drug-likeness (QED) is 0.790. The average Bonchev–Trinajstić information content (AvgIpc) is 2.75. The van der Waals surface area contributed by atoms with Crippen LogP contribution in [0.15, 0.2) is 18.2 Å². The molecular formula is C14H19N3. The van der Waals surface area contributed by atoms with E-state index < -0.39 is 0 Å². The molecule has 0 amide bonds. The lowest BCUT2D eigenvalue weighted by atomic mass is 9.84. The molecule has 1 aromatic carbocycles. The number of nitrogens with one attached hydrogen (secondary N) is 1. The van der Waals surface area contributed by atoms with Gasteiger partial charge in [-0.25, -0.2) is 4.98 Å². The fourth-order valence-corrected chi connectivity index (χ4v) is 2.87. The van der Waals surface area contributed by atoms with Crippen LogP contribution in [0.25, 0.3) is 11.0 Å². The van der Waals surface area contributed by atoms with Crippen molar-refractivity contribution in [3.05, 3.63) is 29.6 Å². The van der Waals surface area contributed by atoms with Gasteiger partial charge in [-0.2, -0.15) is 0 Å². The van der Waals surface area contributed by atoms with Gasteiger partial charge in [0.05, 0.1) is 11.0 Å². The number of imidazole rings is 1. The number of H-pyrrole nitrogens is 1. The summed E-state index contributed by atoms with van der Waals surface area (Å²) in [6.07, 6.45) is 4.83. The zero-order chi connectivity index (χ0) is 11.8. The van der Waals surface area contributed by atoms with E-state index in [1.54, 1.807) is 0 Å². The molecule has 3 N–H and O–H groups in total. The molecule has 2 atom stereocenters. The zero-order valence-corrected chi connectivity index (χ0v) is 10.2. The molecule has 0 bridgehead atoms. The Morgan fingerprint density at radius 2 is 2.12 bits per heavy atom. The molecule has 17 heavy (non-hydrogen) atoms. The Bertz CT molecular complexity index is 529. The molecule has 2 aromatic rings. The van der Waals surface area contributed by atoms with Crippen LogP contribution >= 0.6 is 0 Å².